The van der Waals surface area contributed by atoms with Gasteiger partial charge >= 0.3 is 0 Å². The van der Waals surface area contributed by atoms with Gasteiger partial charge in [0.15, 0.2) is 0 Å². The first-order valence-corrected chi connectivity index (χ1v) is 7.38. The van der Waals surface area contributed by atoms with Gasteiger partial charge in [-0.3, -0.25) is 0 Å². The second-order valence-electron chi connectivity index (χ2n) is 3.94. The summed E-state index contributed by atoms with van der Waals surface area (Å²) in [7, 11) is 0. The summed E-state index contributed by atoms with van der Waals surface area (Å²) < 4.78 is 0. The van der Waals surface area contributed by atoms with Crippen LogP contribution in [0.4, 0.5) is 0 Å². The Bertz CT molecular complexity index is 525. The van der Waals surface area contributed by atoms with Gasteiger partial charge in [0.05, 0.1) is 10.0 Å². The molecule has 2 nitrogen and oxygen atoms in total. The van der Waals surface area contributed by atoms with E-state index in [4.69, 9.17) is 23.2 Å². The lowest BCUT2D eigenvalue weighted by Gasteiger charge is -1.99. The first-order chi connectivity index (χ1) is 8.70. The summed E-state index contributed by atoms with van der Waals surface area (Å²) in [4.78, 5) is 5.64. The molecule has 18 heavy (non-hydrogen) atoms. The average Bonchev–Trinajstić information content (AvgIpc) is 2.82. The highest BCUT2D eigenvalue weighted by Gasteiger charge is 2.06. The monoisotopic (exact) mass is 300 g/mol. The Balaban J connectivity index is 2.11. The van der Waals surface area contributed by atoms with Crippen molar-refractivity contribution in [2.45, 2.75) is 19.9 Å². The summed E-state index contributed by atoms with van der Waals surface area (Å²) in [6.45, 7) is 4.05. The van der Waals surface area contributed by atoms with Crippen LogP contribution in [-0.2, 0) is 6.54 Å². The van der Waals surface area contributed by atoms with E-state index >= 15 is 0 Å². The quantitative estimate of drug-likeness (QED) is 0.815. The average molecular weight is 301 g/mol. The number of halogens is 2. The van der Waals surface area contributed by atoms with Crippen LogP contribution in [0, 0.1) is 0 Å². The second-order valence-corrected chi connectivity index (χ2v) is 5.87. The van der Waals surface area contributed by atoms with Crippen LogP contribution in [0.1, 0.15) is 18.2 Å². The molecule has 5 heteroatoms. The molecule has 1 aromatic heterocycles. The Kier molecular flexibility index (Phi) is 5.01. The van der Waals surface area contributed by atoms with Gasteiger partial charge < -0.3 is 5.32 Å². The fraction of sp³-hybridized carbons (Fsp3) is 0.308. The lowest BCUT2D eigenvalue weighted by molar-refractivity contribution is 0.681. The predicted octanol–water partition coefficient (Wildman–Crippen LogP) is 4.62. The van der Waals surface area contributed by atoms with Crippen molar-refractivity contribution in [1.82, 2.24) is 10.3 Å². The highest BCUT2D eigenvalue weighted by atomic mass is 35.5. The Morgan fingerprint density at radius 2 is 2.11 bits per heavy atom. The molecule has 1 heterocycles. The van der Waals surface area contributed by atoms with Crippen molar-refractivity contribution in [2.75, 3.05) is 6.54 Å². The molecular weight excluding hydrogens is 287 g/mol. The van der Waals surface area contributed by atoms with Gasteiger partial charge in [-0.25, -0.2) is 4.98 Å². The summed E-state index contributed by atoms with van der Waals surface area (Å²) >= 11 is 13.6. The summed E-state index contributed by atoms with van der Waals surface area (Å²) in [6, 6.07) is 5.60. The molecular formula is C13H14Cl2N2S. The van der Waals surface area contributed by atoms with Gasteiger partial charge in [0, 0.05) is 23.2 Å². The molecule has 0 amide bonds. The maximum atomic E-state index is 6.01. The number of thiazole rings is 1. The van der Waals surface area contributed by atoms with Crippen molar-refractivity contribution in [3.63, 3.8) is 0 Å². The van der Waals surface area contributed by atoms with Crippen LogP contribution in [-0.4, -0.2) is 11.5 Å². The van der Waals surface area contributed by atoms with Gasteiger partial charge in [0.2, 0.25) is 0 Å². The normalized spacial score (nSPS) is 10.8. The zero-order valence-corrected chi connectivity index (χ0v) is 12.4. The highest BCUT2D eigenvalue weighted by Crippen LogP contribution is 2.30. The maximum absolute atomic E-state index is 6.01. The third kappa shape index (κ3) is 3.45. The third-order valence-electron chi connectivity index (χ3n) is 2.45. The summed E-state index contributed by atoms with van der Waals surface area (Å²) in [6.07, 6.45) is 3.05. The summed E-state index contributed by atoms with van der Waals surface area (Å²) in [5.41, 5.74) is 1.01. The van der Waals surface area contributed by atoms with E-state index in [1.54, 1.807) is 17.4 Å². The molecule has 0 unspecified atom stereocenters. The van der Waals surface area contributed by atoms with Crippen LogP contribution in [0.25, 0.3) is 10.6 Å². The zero-order chi connectivity index (χ0) is 13.0. The van der Waals surface area contributed by atoms with Crippen LogP contribution in [0.15, 0.2) is 24.4 Å². The smallest absolute Gasteiger partial charge is 0.123 e. The number of benzene rings is 1. The topological polar surface area (TPSA) is 24.9 Å². The number of hydrogen-bond donors (Lipinski definition) is 1. The van der Waals surface area contributed by atoms with E-state index in [0.717, 1.165) is 30.1 Å². The lowest BCUT2D eigenvalue weighted by atomic mass is 10.2. The van der Waals surface area contributed by atoms with Gasteiger partial charge in [0.1, 0.15) is 5.01 Å². The SMILES string of the molecule is CCCNCc1cnc(-c2ccc(Cl)c(Cl)c2)s1. The van der Waals surface area contributed by atoms with Crippen molar-refractivity contribution < 1.29 is 0 Å². The molecule has 2 aromatic rings. The van der Waals surface area contributed by atoms with Crippen LogP contribution in [0.2, 0.25) is 10.0 Å². The van der Waals surface area contributed by atoms with Gasteiger partial charge in [0.25, 0.3) is 0 Å². The molecule has 2 rings (SSSR count). The molecule has 0 aliphatic rings. The van der Waals surface area contributed by atoms with Crippen LogP contribution in [0.5, 0.6) is 0 Å². The molecule has 1 N–H and O–H groups in total. The van der Waals surface area contributed by atoms with Crippen molar-refractivity contribution in [3.05, 3.63) is 39.3 Å². The molecule has 0 bridgehead atoms. The molecule has 0 radical (unpaired) electrons. The number of aromatic nitrogens is 1. The number of nitrogens with one attached hydrogen (secondary N) is 1. The fourth-order valence-electron chi connectivity index (χ4n) is 1.54. The first-order valence-electron chi connectivity index (χ1n) is 5.81. The molecule has 0 atom stereocenters. The molecule has 96 valence electrons. The largest absolute Gasteiger partial charge is 0.312 e. The second kappa shape index (κ2) is 6.53. The van der Waals surface area contributed by atoms with Gasteiger partial charge in [-0.05, 0) is 25.1 Å². The predicted molar refractivity (Wildman–Crippen MR) is 79.6 cm³/mol. The molecule has 0 fully saturated rings. The molecule has 0 aliphatic heterocycles. The van der Waals surface area contributed by atoms with Crippen LogP contribution < -0.4 is 5.32 Å². The Hall–Kier alpha value is -0.610. The Morgan fingerprint density at radius 1 is 1.28 bits per heavy atom. The summed E-state index contributed by atoms with van der Waals surface area (Å²) in [5, 5.41) is 5.47. The van der Waals surface area contributed by atoms with E-state index < -0.39 is 0 Å². The number of nitrogens with zero attached hydrogens (tertiary/aromatic N) is 1. The Morgan fingerprint density at radius 3 is 2.83 bits per heavy atom. The van der Waals surface area contributed by atoms with E-state index in [2.05, 4.69) is 17.2 Å². The van der Waals surface area contributed by atoms with Crippen molar-refractivity contribution >= 4 is 34.5 Å². The highest BCUT2D eigenvalue weighted by molar-refractivity contribution is 7.15. The standard InChI is InChI=1S/C13H14Cl2N2S/c1-2-5-16-7-10-8-17-13(18-10)9-3-4-11(14)12(15)6-9/h3-4,6,8,16H,2,5,7H2,1H3. The van der Waals surface area contributed by atoms with Crippen molar-refractivity contribution in [3.8, 4) is 10.6 Å². The maximum Gasteiger partial charge on any atom is 0.123 e. The van der Waals surface area contributed by atoms with E-state index in [1.807, 2.05) is 18.3 Å². The Labute approximate surface area is 121 Å². The minimum atomic E-state index is 0.565. The van der Waals surface area contributed by atoms with Gasteiger partial charge in [-0.15, -0.1) is 11.3 Å². The molecule has 0 aliphatic carbocycles. The third-order valence-corrected chi connectivity index (χ3v) is 4.23. The van der Waals surface area contributed by atoms with E-state index in [0.29, 0.717) is 10.0 Å². The van der Waals surface area contributed by atoms with Crippen molar-refractivity contribution in [1.29, 1.82) is 0 Å². The van der Waals surface area contributed by atoms with E-state index in [-0.39, 0.29) is 0 Å². The number of rotatable bonds is 5. The zero-order valence-electron chi connectivity index (χ0n) is 10.0. The van der Waals surface area contributed by atoms with Crippen LogP contribution >= 0.6 is 34.5 Å². The number of hydrogen-bond acceptors (Lipinski definition) is 3. The minimum Gasteiger partial charge on any atom is -0.312 e. The van der Waals surface area contributed by atoms with Gasteiger partial charge in [-0.2, -0.15) is 0 Å². The van der Waals surface area contributed by atoms with Crippen LogP contribution in [0.3, 0.4) is 0 Å². The molecule has 0 saturated heterocycles. The first kappa shape index (κ1) is 13.8. The minimum absolute atomic E-state index is 0.565. The van der Waals surface area contributed by atoms with Gasteiger partial charge in [-0.1, -0.05) is 36.2 Å². The fourth-order valence-corrected chi connectivity index (χ4v) is 2.72. The van der Waals surface area contributed by atoms with Crippen molar-refractivity contribution in [2.24, 2.45) is 0 Å². The molecule has 0 saturated carbocycles. The summed E-state index contributed by atoms with van der Waals surface area (Å²) in [5.74, 6) is 0. The molecule has 1 aromatic carbocycles. The molecule has 0 spiro atoms. The lowest BCUT2D eigenvalue weighted by Crippen LogP contribution is -2.12. The van der Waals surface area contributed by atoms with E-state index in [9.17, 15) is 0 Å². The van der Waals surface area contributed by atoms with E-state index in [1.165, 1.54) is 4.88 Å².